The Bertz CT molecular complexity index is 875. The molecular formula is C12H11N5O4. The number of fused-ring (bicyclic) bond motifs is 1. The zero-order valence-electron chi connectivity index (χ0n) is 11.0. The van der Waals surface area contributed by atoms with Gasteiger partial charge < -0.3 is 19.9 Å². The van der Waals surface area contributed by atoms with Crippen molar-refractivity contribution in [3.8, 4) is 0 Å². The van der Waals surface area contributed by atoms with E-state index in [-0.39, 0.29) is 29.3 Å². The van der Waals surface area contributed by atoms with E-state index in [9.17, 15) is 9.59 Å². The Morgan fingerprint density at radius 3 is 2.95 bits per heavy atom. The summed E-state index contributed by atoms with van der Waals surface area (Å²) in [4.78, 5) is 36.3. The third kappa shape index (κ3) is 2.36. The fourth-order valence-electron chi connectivity index (χ4n) is 1.90. The highest BCUT2D eigenvalue weighted by atomic mass is 16.5. The number of nitrogens with one attached hydrogen (secondary N) is 2. The topological polar surface area (TPSA) is 140 Å². The Morgan fingerprint density at radius 2 is 2.19 bits per heavy atom. The zero-order chi connectivity index (χ0) is 15.0. The molecule has 4 N–H and O–H groups in total. The molecule has 0 aliphatic carbocycles. The monoisotopic (exact) mass is 289 g/mol. The summed E-state index contributed by atoms with van der Waals surface area (Å²) in [7, 11) is 1.27. The van der Waals surface area contributed by atoms with Gasteiger partial charge in [0.1, 0.15) is 11.6 Å². The SMILES string of the molecule is COC(=O)c1ccc(Cc2nc3nc(N)[nH]c(=O)c3[nH]2)o1. The van der Waals surface area contributed by atoms with Gasteiger partial charge in [0.05, 0.1) is 13.5 Å². The first-order valence-electron chi connectivity index (χ1n) is 5.98. The number of carbonyl (C=O) groups is 1. The second-order valence-electron chi connectivity index (χ2n) is 4.27. The van der Waals surface area contributed by atoms with Crippen molar-refractivity contribution >= 4 is 23.1 Å². The van der Waals surface area contributed by atoms with Crippen LogP contribution in [0.2, 0.25) is 0 Å². The van der Waals surface area contributed by atoms with Gasteiger partial charge in [-0.2, -0.15) is 4.98 Å². The van der Waals surface area contributed by atoms with E-state index < -0.39 is 11.5 Å². The van der Waals surface area contributed by atoms with Crippen LogP contribution in [0.15, 0.2) is 21.3 Å². The number of hydrogen-bond donors (Lipinski definition) is 3. The molecule has 0 saturated carbocycles. The molecule has 9 nitrogen and oxygen atoms in total. The molecule has 0 unspecified atom stereocenters. The van der Waals surface area contributed by atoms with Crippen molar-refractivity contribution in [2.75, 3.05) is 12.8 Å². The average Bonchev–Trinajstić information content (AvgIpc) is 3.05. The Kier molecular flexibility index (Phi) is 2.94. The average molecular weight is 289 g/mol. The van der Waals surface area contributed by atoms with Gasteiger partial charge in [-0.1, -0.05) is 0 Å². The van der Waals surface area contributed by atoms with Crippen LogP contribution in [-0.4, -0.2) is 33.0 Å². The van der Waals surface area contributed by atoms with Crippen molar-refractivity contribution < 1.29 is 13.9 Å². The predicted molar refractivity (Wildman–Crippen MR) is 71.8 cm³/mol. The standard InChI is InChI=1S/C12H11N5O4/c1-20-11(19)6-3-2-5(21-6)4-7-14-8-9(15-7)16-12(13)17-10(8)18/h2-3H,4H2,1H3,(H4,13,14,15,16,17,18). The molecule has 0 amide bonds. The number of esters is 1. The van der Waals surface area contributed by atoms with Crippen LogP contribution >= 0.6 is 0 Å². The lowest BCUT2D eigenvalue weighted by Gasteiger charge is -1.94. The molecule has 0 radical (unpaired) electrons. The zero-order valence-corrected chi connectivity index (χ0v) is 11.0. The number of nitrogen functional groups attached to an aromatic ring is 1. The number of carbonyl (C=O) groups excluding carboxylic acids is 1. The van der Waals surface area contributed by atoms with Gasteiger partial charge >= 0.3 is 5.97 Å². The van der Waals surface area contributed by atoms with Crippen LogP contribution in [0, 0.1) is 0 Å². The van der Waals surface area contributed by atoms with Gasteiger partial charge in [-0.25, -0.2) is 9.78 Å². The summed E-state index contributed by atoms with van der Waals surface area (Å²) in [6.07, 6.45) is 0.271. The number of methoxy groups -OCH3 is 1. The number of anilines is 1. The quantitative estimate of drug-likeness (QED) is 0.585. The lowest BCUT2D eigenvalue weighted by Crippen LogP contribution is -2.10. The number of furan rings is 1. The highest BCUT2D eigenvalue weighted by Gasteiger charge is 2.14. The molecule has 108 valence electrons. The van der Waals surface area contributed by atoms with Crippen molar-refractivity contribution in [1.29, 1.82) is 0 Å². The molecule has 0 saturated heterocycles. The van der Waals surface area contributed by atoms with E-state index >= 15 is 0 Å². The van der Waals surface area contributed by atoms with Gasteiger partial charge in [0, 0.05) is 0 Å². The Hall–Kier alpha value is -3.10. The summed E-state index contributed by atoms with van der Waals surface area (Å²) < 4.78 is 9.88. The van der Waals surface area contributed by atoms with Crippen LogP contribution < -0.4 is 11.3 Å². The third-order valence-electron chi connectivity index (χ3n) is 2.82. The van der Waals surface area contributed by atoms with Crippen molar-refractivity contribution in [3.05, 3.63) is 39.8 Å². The summed E-state index contributed by atoms with van der Waals surface area (Å²) in [5.41, 5.74) is 5.51. The van der Waals surface area contributed by atoms with Crippen molar-refractivity contribution in [2.24, 2.45) is 0 Å². The van der Waals surface area contributed by atoms with Crippen LogP contribution in [0.3, 0.4) is 0 Å². The van der Waals surface area contributed by atoms with Crippen LogP contribution in [0.25, 0.3) is 11.2 Å². The molecule has 0 aromatic carbocycles. The number of aromatic nitrogens is 4. The molecule has 0 fully saturated rings. The fourth-order valence-corrected chi connectivity index (χ4v) is 1.90. The summed E-state index contributed by atoms with van der Waals surface area (Å²) in [5, 5.41) is 0. The third-order valence-corrected chi connectivity index (χ3v) is 2.82. The number of aromatic amines is 2. The summed E-state index contributed by atoms with van der Waals surface area (Å²) in [6, 6.07) is 3.14. The summed E-state index contributed by atoms with van der Waals surface area (Å²) in [5.74, 6) is 0.510. The maximum Gasteiger partial charge on any atom is 0.373 e. The van der Waals surface area contributed by atoms with E-state index in [1.807, 2.05) is 0 Å². The molecule has 0 spiro atoms. The first kappa shape index (κ1) is 12.9. The molecule has 21 heavy (non-hydrogen) atoms. The number of hydrogen-bond acceptors (Lipinski definition) is 7. The first-order chi connectivity index (χ1) is 10.1. The van der Waals surface area contributed by atoms with E-state index in [1.54, 1.807) is 6.07 Å². The minimum absolute atomic E-state index is 0.00322. The molecule has 0 bridgehead atoms. The number of ether oxygens (including phenoxy) is 1. The molecule has 3 aromatic heterocycles. The van der Waals surface area contributed by atoms with Gasteiger partial charge in [0.15, 0.2) is 11.2 Å². The van der Waals surface area contributed by atoms with Gasteiger partial charge in [-0.15, -0.1) is 0 Å². The maximum atomic E-state index is 11.7. The van der Waals surface area contributed by atoms with E-state index in [4.69, 9.17) is 10.2 Å². The lowest BCUT2D eigenvalue weighted by atomic mass is 10.3. The minimum Gasteiger partial charge on any atom is -0.463 e. The predicted octanol–water partition coefficient (Wildman–Crippen LogP) is 0.199. The molecule has 0 aliphatic rings. The van der Waals surface area contributed by atoms with Gasteiger partial charge in [-0.05, 0) is 12.1 Å². The van der Waals surface area contributed by atoms with Gasteiger partial charge in [-0.3, -0.25) is 9.78 Å². The summed E-state index contributed by atoms with van der Waals surface area (Å²) >= 11 is 0. The van der Waals surface area contributed by atoms with Crippen molar-refractivity contribution in [1.82, 2.24) is 19.9 Å². The Morgan fingerprint density at radius 1 is 1.38 bits per heavy atom. The van der Waals surface area contributed by atoms with E-state index in [0.29, 0.717) is 11.6 Å². The second-order valence-corrected chi connectivity index (χ2v) is 4.27. The molecule has 0 atom stereocenters. The van der Waals surface area contributed by atoms with Crippen molar-refractivity contribution in [2.45, 2.75) is 6.42 Å². The smallest absolute Gasteiger partial charge is 0.373 e. The van der Waals surface area contributed by atoms with Gasteiger partial charge in [0.2, 0.25) is 11.7 Å². The van der Waals surface area contributed by atoms with E-state index in [2.05, 4.69) is 24.7 Å². The van der Waals surface area contributed by atoms with Gasteiger partial charge in [0.25, 0.3) is 5.56 Å². The van der Waals surface area contributed by atoms with E-state index in [1.165, 1.54) is 13.2 Å². The largest absolute Gasteiger partial charge is 0.463 e. The Balaban J connectivity index is 1.91. The number of nitrogens with zero attached hydrogens (tertiary/aromatic N) is 2. The van der Waals surface area contributed by atoms with Crippen LogP contribution in [0.1, 0.15) is 22.1 Å². The highest BCUT2D eigenvalue weighted by molar-refractivity contribution is 5.86. The van der Waals surface area contributed by atoms with Crippen LogP contribution in [-0.2, 0) is 11.2 Å². The molecule has 3 rings (SSSR count). The second kappa shape index (κ2) is 4.78. The highest BCUT2D eigenvalue weighted by Crippen LogP contribution is 2.14. The number of rotatable bonds is 3. The number of nitrogens with two attached hydrogens (primary N) is 1. The molecule has 3 heterocycles. The number of H-pyrrole nitrogens is 2. The lowest BCUT2D eigenvalue weighted by molar-refractivity contribution is 0.0563. The Labute approximate surface area is 117 Å². The molecular weight excluding hydrogens is 278 g/mol. The number of imidazole rings is 1. The molecule has 0 aliphatic heterocycles. The normalized spacial score (nSPS) is 10.9. The van der Waals surface area contributed by atoms with Crippen molar-refractivity contribution in [3.63, 3.8) is 0 Å². The minimum atomic E-state index is -0.559. The van der Waals surface area contributed by atoms with E-state index in [0.717, 1.165) is 0 Å². The molecule has 9 heteroatoms. The molecule has 3 aromatic rings. The maximum absolute atomic E-state index is 11.7. The fraction of sp³-hybridized carbons (Fsp3) is 0.167. The van der Waals surface area contributed by atoms with Crippen LogP contribution in [0.5, 0.6) is 0 Å². The first-order valence-corrected chi connectivity index (χ1v) is 5.98. The van der Waals surface area contributed by atoms with Crippen LogP contribution in [0.4, 0.5) is 5.95 Å². The summed E-state index contributed by atoms with van der Waals surface area (Å²) in [6.45, 7) is 0.